The van der Waals surface area contributed by atoms with Crippen LogP contribution in [0.2, 0.25) is 5.02 Å². The number of rotatable bonds is 5. The number of aromatic nitrogens is 1. The molecular weight excluding hydrogens is 298 g/mol. The minimum Gasteiger partial charge on any atom is -0.394 e. The Balaban J connectivity index is 1.89. The van der Waals surface area contributed by atoms with Gasteiger partial charge in [0.15, 0.2) is 0 Å². The van der Waals surface area contributed by atoms with E-state index in [9.17, 15) is 9.90 Å². The van der Waals surface area contributed by atoms with Crippen LogP contribution in [-0.4, -0.2) is 22.7 Å². The molecule has 0 aliphatic rings. The summed E-state index contributed by atoms with van der Waals surface area (Å²) in [6.07, 6.45) is 0. The molecule has 5 nitrogen and oxygen atoms in total. The van der Waals surface area contributed by atoms with Crippen molar-refractivity contribution in [1.29, 1.82) is 0 Å². The fraction of sp³-hybridized carbons (Fsp3) is 0.231. The van der Waals surface area contributed by atoms with E-state index in [1.807, 2.05) is 5.38 Å². The van der Waals surface area contributed by atoms with E-state index < -0.39 is 6.04 Å². The van der Waals surface area contributed by atoms with Gasteiger partial charge in [-0.05, 0) is 17.7 Å². The lowest BCUT2D eigenvalue weighted by molar-refractivity contribution is 0.216. The number of hydrogen-bond donors (Lipinski definition) is 3. The lowest BCUT2D eigenvalue weighted by atomic mass is 10.1. The summed E-state index contributed by atoms with van der Waals surface area (Å²) in [6, 6.07) is 6.14. The van der Waals surface area contributed by atoms with E-state index in [2.05, 4.69) is 15.6 Å². The lowest BCUT2D eigenvalue weighted by Crippen LogP contribution is -2.38. The Labute approximate surface area is 125 Å². The highest BCUT2D eigenvalue weighted by Crippen LogP contribution is 2.16. The number of halogens is 1. The Hall–Kier alpha value is -1.63. The number of urea groups is 1. The molecule has 2 amide bonds. The molecule has 1 atom stereocenters. The van der Waals surface area contributed by atoms with Crippen LogP contribution < -0.4 is 10.6 Å². The first-order valence-corrected chi connectivity index (χ1v) is 7.29. The van der Waals surface area contributed by atoms with Crippen LogP contribution in [-0.2, 0) is 6.54 Å². The highest BCUT2D eigenvalue weighted by atomic mass is 35.5. The number of aliphatic hydroxyl groups excluding tert-OH is 1. The second kappa shape index (κ2) is 7.23. The first-order valence-electron chi connectivity index (χ1n) is 5.97. The van der Waals surface area contributed by atoms with Crippen molar-refractivity contribution >= 4 is 29.0 Å². The average molecular weight is 312 g/mol. The van der Waals surface area contributed by atoms with Gasteiger partial charge < -0.3 is 15.7 Å². The molecule has 0 aliphatic heterocycles. The smallest absolute Gasteiger partial charge is 0.315 e. The van der Waals surface area contributed by atoms with E-state index in [0.717, 1.165) is 11.3 Å². The zero-order valence-electron chi connectivity index (χ0n) is 10.5. The van der Waals surface area contributed by atoms with Gasteiger partial charge in [0.2, 0.25) is 0 Å². The van der Waals surface area contributed by atoms with Crippen molar-refractivity contribution in [3.05, 3.63) is 51.4 Å². The Morgan fingerprint density at radius 3 is 2.75 bits per heavy atom. The number of amides is 2. The Morgan fingerprint density at radius 2 is 2.15 bits per heavy atom. The first kappa shape index (κ1) is 14.8. The van der Waals surface area contributed by atoms with Crippen LogP contribution in [0.1, 0.15) is 17.3 Å². The molecule has 7 heteroatoms. The van der Waals surface area contributed by atoms with Crippen molar-refractivity contribution in [2.75, 3.05) is 6.61 Å². The SMILES string of the molecule is O=C(NCc1cscn1)NC(CO)c1ccc(Cl)cc1. The maximum Gasteiger partial charge on any atom is 0.315 e. The molecule has 106 valence electrons. The van der Waals surface area contributed by atoms with Crippen LogP contribution in [0.5, 0.6) is 0 Å². The third-order valence-electron chi connectivity index (χ3n) is 2.67. The minimum atomic E-state index is -0.470. The predicted molar refractivity (Wildman–Crippen MR) is 78.8 cm³/mol. The van der Waals surface area contributed by atoms with Crippen molar-refractivity contribution in [2.24, 2.45) is 0 Å². The minimum absolute atomic E-state index is 0.189. The number of hydrogen-bond acceptors (Lipinski definition) is 4. The van der Waals surface area contributed by atoms with E-state index >= 15 is 0 Å². The summed E-state index contributed by atoms with van der Waals surface area (Å²) in [5.41, 5.74) is 3.30. The van der Waals surface area contributed by atoms with Crippen LogP contribution in [0.25, 0.3) is 0 Å². The zero-order valence-corrected chi connectivity index (χ0v) is 12.1. The second-order valence-electron chi connectivity index (χ2n) is 4.09. The van der Waals surface area contributed by atoms with Crippen molar-refractivity contribution in [3.63, 3.8) is 0 Å². The molecule has 1 aromatic heterocycles. The van der Waals surface area contributed by atoms with Crippen LogP contribution in [0.15, 0.2) is 35.2 Å². The van der Waals surface area contributed by atoms with E-state index in [0.29, 0.717) is 11.6 Å². The number of nitrogens with zero attached hydrogens (tertiary/aromatic N) is 1. The maximum absolute atomic E-state index is 11.8. The Morgan fingerprint density at radius 1 is 1.40 bits per heavy atom. The zero-order chi connectivity index (χ0) is 14.4. The molecular formula is C13H14ClN3O2S. The fourth-order valence-corrected chi connectivity index (χ4v) is 2.32. The molecule has 0 saturated heterocycles. The number of aliphatic hydroxyl groups is 1. The topological polar surface area (TPSA) is 74.2 Å². The van der Waals surface area contributed by atoms with Crippen LogP contribution in [0.4, 0.5) is 4.79 Å². The molecule has 1 aromatic carbocycles. The Kier molecular flexibility index (Phi) is 5.34. The van der Waals surface area contributed by atoms with Gasteiger partial charge in [-0.15, -0.1) is 11.3 Å². The molecule has 1 unspecified atom stereocenters. The average Bonchev–Trinajstić information content (AvgIpc) is 2.97. The van der Waals surface area contributed by atoms with Gasteiger partial charge in [-0.1, -0.05) is 23.7 Å². The van der Waals surface area contributed by atoms with Crippen LogP contribution >= 0.6 is 22.9 Å². The quantitative estimate of drug-likeness (QED) is 0.793. The summed E-state index contributed by atoms with van der Waals surface area (Å²) in [7, 11) is 0. The predicted octanol–water partition coefficient (Wildman–Crippen LogP) is 2.33. The first-order chi connectivity index (χ1) is 9.69. The number of carbonyl (C=O) groups is 1. The molecule has 0 aliphatic carbocycles. The summed E-state index contributed by atoms with van der Waals surface area (Å²) in [4.78, 5) is 15.8. The van der Waals surface area contributed by atoms with Gasteiger partial charge in [0.25, 0.3) is 0 Å². The third-order valence-corrected chi connectivity index (χ3v) is 3.56. The van der Waals surface area contributed by atoms with Gasteiger partial charge >= 0.3 is 6.03 Å². The van der Waals surface area contributed by atoms with Gasteiger partial charge in [-0.2, -0.15) is 0 Å². The second-order valence-corrected chi connectivity index (χ2v) is 5.25. The lowest BCUT2D eigenvalue weighted by Gasteiger charge is -2.17. The van der Waals surface area contributed by atoms with Gasteiger partial charge in [0.1, 0.15) is 0 Å². The summed E-state index contributed by atoms with van der Waals surface area (Å²) in [5, 5.41) is 17.2. The largest absolute Gasteiger partial charge is 0.394 e. The van der Waals surface area contributed by atoms with E-state index in [-0.39, 0.29) is 12.6 Å². The van der Waals surface area contributed by atoms with Gasteiger partial charge in [0, 0.05) is 10.4 Å². The van der Waals surface area contributed by atoms with Gasteiger partial charge in [0.05, 0.1) is 30.4 Å². The van der Waals surface area contributed by atoms with E-state index in [1.165, 1.54) is 11.3 Å². The number of benzene rings is 1. The number of nitrogens with one attached hydrogen (secondary N) is 2. The molecule has 2 rings (SSSR count). The van der Waals surface area contributed by atoms with Crippen LogP contribution in [0.3, 0.4) is 0 Å². The molecule has 0 spiro atoms. The summed E-state index contributed by atoms with van der Waals surface area (Å²) < 4.78 is 0. The standard InChI is InChI=1S/C13H14ClN3O2S/c14-10-3-1-9(2-4-10)12(6-18)17-13(19)15-5-11-7-20-8-16-11/h1-4,7-8,12,18H,5-6H2,(H2,15,17,19). The molecule has 2 aromatic rings. The van der Waals surface area contributed by atoms with Crippen LogP contribution in [0, 0.1) is 0 Å². The fourth-order valence-electron chi connectivity index (χ4n) is 1.63. The van der Waals surface area contributed by atoms with Crippen molar-refractivity contribution < 1.29 is 9.90 Å². The van der Waals surface area contributed by atoms with Crippen molar-refractivity contribution in [3.8, 4) is 0 Å². The molecule has 0 saturated carbocycles. The third kappa shape index (κ3) is 4.19. The van der Waals surface area contributed by atoms with Crippen molar-refractivity contribution in [1.82, 2.24) is 15.6 Å². The summed E-state index contributed by atoms with van der Waals surface area (Å²) in [6.45, 7) is 0.167. The molecule has 0 radical (unpaired) electrons. The number of carbonyl (C=O) groups excluding carboxylic acids is 1. The summed E-state index contributed by atoms with van der Waals surface area (Å²) >= 11 is 7.28. The molecule has 0 bridgehead atoms. The normalized spacial score (nSPS) is 11.9. The Bertz CT molecular complexity index is 545. The van der Waals surface area contributed by atoms with Crippen molar-refractivity contribution in [2.45, 2.75) is 12.6 Å². The highest BCUT2D eigenvalue weighted by molar-refractivity contribution is 7.07. The maximum atomic E-state index is 11.8. The van der Waals surface area contributed by atoms with Gasteiger partial charge in [-0.25, -0.2) is 9.78 Å². The number of thiazole rings is 1. The monoisotopic (exact) mass is 311 g/mol. The summed E-state index contributed by atoms with van der Waals surface area (Å²) in [5.74, 6) is 0. The van der Waals surface area contributed by atoms with Gasteiger partial charge in [-0.3, -0.25) is 0 Å². The highest BCUT2D eigenvalue weighted by Gasteiger charge is 2.13. The molecule has 20 heavy (non-hydrogen) atoms. The molecule has 1 heterocycles. The van der Waals surface area contributed by atoms with E-state index in [4.69, 9.17) is 11.6 Å². The molecule has 3 N–H and O–H groups in total. The molecule has 0 fully saturated rings. The van der Waals surface area contributed by atoms with E-state index in [1.54, 1.807) is 29.8 Å².